The Labute approximate surface area is 110 Å². The summed E-state index contributed by atoms with van der Waals surface area (Å²) < 4.78 is 28.5. The largest absolute Gasteiger partial charge is 0.378 e. The normalized spacial score (nSPS) is 36.1. The Kier molecular flexibility index (Phi) is 4.67. The van der Waals surface area contributed by atoms with Crippen molar-refractivity contribution in [2.75, 3.05) is 24.7 Å². The maximum absolute atomic E-state index is 11.4. The highest BCUT2D eigenvalue weighted by Crippen LogP contribution is 2.22. The van der Waals surface area contributed by atoms with E-state index >= 15 is 0 Å². The molecular weight excluding hydrogens is 250 g/mol. The summed E-state index contributed by atoms with van der Waals surface area (Å²) in [4.78, 5) is 0. The Morgan fingerprint density at radius 2 is 2.11 bits per heavy atom. The molecule has 0 saturated carbocycles. The number of sulfone groups is 1. The molecule has 2 aliphatic heterocycles. The quantitative estimate of drug-likeness (QED) is 0.838. The SMILES string of the molecule is CC(C)C1CC(NCC2CCS(=O)(=O)C2)CCO1. The van der Waals surface area contributed by atoms with Gasteiger partial charge in [0.2, 0.25) is 0 Å². The van der Waals surface area contributed by atoms with Gasteiger partial charge in [-0.3, -0.25) is 0 Å². The number of rotatable bonds is 4. The third kappa shape index (κ3) is 3.93. The topological polar surface area (TPSA) is 55.4 Å². The summed E-state index contributed by atoms with van der Waals surface area (Å²) in [6.45, 7) is 6.05. The number of hydrogen-bond donors (Lipinski definition) is 1. The number of nitrogens with one attached hydrogen (secondary N) is 1. The van der Waals surface area contributed by atoms with Crippen molar-refractivity contribution >= 4 is 9.84 Å². The van der Waals surface area contributed by atoms with Crippen LogP contribution in [-0.2, 0) is 14.6 Å². The molecule has 0 bridgehead atoms. The van der Waals surface area contributed by atoms with Crippen LogP contribution in [0.1, 0.15) is 33.1 Å². The maximum atomic E-state index is 11.4. The van der Waals surface area contributed by atoms with Crippen molar-refractivity contribution in [2.45, 2.75) is 45.3 Å². The molecule has 0 radical (unpaired) electrons. The molecule has 0 aromatic heterocycles. The number of ether oxygens (including phenoxy) is 1. The highest BCUT2D eigenvalue weighted by atomic mass is 32.2. The van der Waals surface area contributed by atoms with E-state index in [-0.39, 0.29) is 0 Å². The molecule has 2 aliphatic rings. The van der Waals surface area contributed by atoms with E-state index in [1.54, 1.807) is 0 Å². The molecule has 2 fully saturated rings. The molecule has 5 heteroatoms. The minimum absolute atomic E-state index is 0.315. The van der Waals surface area contributed by atoms with Gasteiger partial charge >= 0.3 is 0 Å². The molecule has 3 atom stereocenters. The van der Waals surface area contributed by atoms with Crippen LogP contribution in [0.3, 0.4) is 0 Å². The summed E-state index contributed by atoms with van der Waals surface area (Å²) in [5.41, 5.74) is 0. The van der Waals surface area contributed by atoms with Crippen molar-refractivity contribution in [1.82, 2.24) is 5.32 Å². The van der Waals surface area contributed by atoms with E-state index in [1.807, 2.05) is 0 Å². The fourth-order valence-electron chi connectivity index (χ4n) is 2.84. The Bertz CT molecular complexity index is 366. The van der Waals surface area contributed by atoms with E-state index in [2.05, 4.69) is 19.2 Å². The molecule has 2 saturated heterocycles. The van der Waals surface area contributed by atoms with Crippen LogP contribution >= 0.6 is 0 Å². The fraction of sp³-hybridized carbons (Fsp3) is 1.00. The number of hydrogen-bond acceptors (Lipinski definition) is 4. The van der Waals surface area contributed by atoms with E-state index in [0.717, 1.165) is 32.4 Å². The third-order valence-corrected chi connectivity index (χ3v) is 5.92. The minimum atomic E-state index is -2.74. The van der Waals surface area contributed by atoms with E-state index in [4.69, 9.17) is 4.74 Å². The lowest BCUT2D eigenvalue weighted by atomic mass is 9.95. The predicted molar refractivity (Wildman–Crippen MR) is 72.4 cm³/mol. The van der Waals surface area contributed by atoms with Crippen LogP contribution in [0.4, 0.5) is 0 Å². The molecule has 106 valence electrons. The Hall–Kier alpha value is -0.130. The van der Waals surface area contributed by atoms with Crippen molar-refractivity contribution < 1.29 is 13.2 Å². The van der Waals surface area contributed by atoms with Gasteiger partial charge < -0.3 is 10.1 Å². The van der Waals surface area contributed by atoms with E-state index in [0.29, 0.717) is 35.5 Å². The summed E-state index contributed by atoms with van der Waals surface area (Å²) in [6.07, 6.45) is 3.27. The molecule has 3 unspecified atom stereocenters. The Balaban J connectivity index is 1.74. The molecule has 0 aromatic carbocycles. The molecule has 0 aromatic rings. The maximum Gasteiger partial charge on any atom is 0.150 e. The summed E-state index contributed by atoms with van der Waals surface area (Å²) in [6, 6.07) is 0.495. The smallest absolute Gasteiger partial charge is 0.150 e. The summed E-state index contributed by atoms with van der Waals surface area (Å²) in [5.74, 6) is 1.62. The standard InChI is InChI=1S/C13H25NO3S/c1-10(2)13-7-12(3-5-17-13)14-8-11-4-6-18(15,16)9-11/h10-14H,3-9H2,1-2H3. The highest BCUT2D eigenvalue weighted by molar-refractivity contribution is 7.91. The second-order valence-electron chi connectivity index (χ2n) is 6.05. The fourth-order valence-corrected chi connectivity index (χ4v) is 4.71. The van der Waals surface area contributed by atoms with Gasteiger partial charge in [0.25, 0.3) is 0 Å². The van der Waals surface area contributed by atoms with E-state index < -0.39 is 9.84 Å². The molecule has 18 heavy (non-hydrogen) atoms. The monoisotopic (exact) mass is 275 g/mol. The first kappa shape index (κ1) is 14.3. The molecule has 0 amide bonds. The predicted octanol–water partition coefficient (Wildman–Crippen LogP) is 1.21. The lowest BCUT2D eigenvalue weighted by Gasteiger charge is -2.33. The van der Waals surface area contributed by atoms with Gasteiger partial charge in [0.05, 0.1) is 17.6 Å². The summed E-state index contributed by atoms with van der Waals surface area (Å²) >= 11 is 0. The van der Waals surface area contributed by atoms with Crippen LogP contribution in [0.5, 0.6) is 0 Å². The Morgan fingerprint density at radius 3 is 2.72 bits per heavy atom. The molecule has 0 aliphatic carbocycles. The van der Waals surface area contributed by atoms with Crippen molar-refractivity contribution in [3.63, 3.8) is 0 Å². The average molecular weight is 275 g/mol. The van der Waals surface area contributed by atoms with Gasteiger partial charge in [-0.25, -0.2) is 8.42 Å². The summed E-state index contributed by atoms with van der Waals surface area (Å²) in [5, 5.41) is 3.54. The van der Waals surface area contributed by atoms with Gasteiger partial charge in [0.15, 0.2) is 9.84 Å². The van der Waals surface area contributed by atoms with Gasteiger partial charge in [-0.2, -0.15) is 0 Å². The first-order valence-corrected chi connectivity index (χ1v) is 8.84. The zero-order valence-electron chi connectivity index (χ0n) is 11.4. The lowest BCUT2D eigenvalue weighted by Crippen LogP contribution is -2.42. The van der Waals surface area contributed by atoms with Gasteiger partial charge in [-0.1, -0.05) is 13.8 Å². The average Bonchev–Trinajstić information content (AvgIpc) is 2.67. The first-order chi connectivity index (χ1) is 8.46. The zero-order valence-corrected chi connectivity index (χ0v) is 12.2. The third-order valence-electron chi connectivity index (χ3n) is 4.08. The van der Waals surface area contributed by atoms with Crippen LogP contribution < -0.4 is 5.32 Å². The minimum Gasteiger partial charge on any atom is -0.378 e. The second-order valence-corrected chi connectivity index (χ2v) is 8.28. The van der Waals surface area contributed by atoms with Crippen LogP contribution in [-0.4, -0.2) is 45.2 Å². The Morgan fingerprint density at radius 1 is 1.33 bits per heavy atom. The molecule has 2 heterocycles. The molecule has 2 rings (SSSR count). The highest BCUT2D eigenvalue weighted by Gasteiger charge is 2.29. The van der Waals surface area contributed by atoms with Gasteiger partial charge in [0, 0.05) is 12.6 Å². The van der Waals surface area contributed by atoms with Crippen molar-refractivity contribution in [3.8, 4) is 0 Å². The molecule has 0 spiro atoms. The zero-order chi connectivity index (χ0) is 13.2. The van der Waals surface area contributed by atoms with Crippen molar-refractivity contribution in [3.05, 3.63) is 0 Å². The first-order valence-electron chi connectivity index (χ1n) is 7.01. The van der Waals surface area contributed by atoms with Crippen molar-refractivity contribution in [1.29, 1.82) is 0 Å². The second kappa shape index (κ2) is 5.88. The van der Waals surface area contributed by atoms with Gasteiger partial charge in [0.1, 0.15) is 0 Å². The van der Waals surface area contributed by atoms with E-state index in [1.165, 1.54) is 0 Å². The van der Waals surface area contributed by atoms with Crippen LogP contribution in [0.15, 0.2) is 0 Å². The molecular formula is C13H25NO3S. The molecule has 1 N–H and O–H groups in total. The van der Waals surface area contributed by atoms with Gasteiger partial charge in [-0.15, -0.1) is 0 Å². The lowest BCUT2D eigenvalue weighted by molar-refractivity contribution is -0.0246. The van der Waals surface area contributed by atoms with Crippen LogP contribution in [0, 0.1) is 11.8 Å². The molecule has 4 nitrogen and oxygen atoms in total. The van der Waals surface area contributed by atoms with E-state index in [9.17, 15) is 8.42 Å². The van der Waals surface area contributed by atoms with Gasteiger partial charge in [-0.05, 0) is 37.6 Å². The van der Waals surface area contributed by atoms with Crippen LogP contribution in [0.2, 0.25) is 0 Å². The summed E-state index contributed by atoms with van der Waals surface area (Å²) in [7, 11) is -2.74. The van der Waals surface area contributed by atoms with Crippen molar-refractivity contribution in [2.24, 2.45) is 11.8 Å². The van der Waals surface area contributed by atoms with Crippen LogP contribution in [0.25, 0.3) is 0 Å².